The molecule has 0 rings (SSSR count). The Morgan fingerprint density at radius 2 is 0.477 bits per heavy atom. The van der Waals surface area contributed by atoms with Gasteiger partial charge in [0.1, 0.15) is 25.4 Å². The Morgan fingerprint density at radius 3 is 0.761 bits per heavy atom. The molecule has 0 saturated carbocycles. The summed E-state index contributed by atoms with van der Waals surface area (Å²) in [6, 6.07) is 0. The van der Waals surface area contributed by atoms with E-state index in [-0.39, 0.29) is 19.3 Å². The van der Waals surface area contributed by atoms with Crippen molar-refractivity contribution in [2.24, 2.45) is 0 Å². The third-order valence-electron chi connectivity index (χ3n) is 16.2. The third kappa shape index (κ3) is 82.7. The molecular weight excluding hydrogens is 1410 g/mol. The van der Waals surface area contributed by atoms with Crippen LogP contribution in [0.25, 0.3) is 0 Å². The molecule has 18 heteroatoms. The van der Waals surface area contributed by atoms with Gasteiger partial charge in [0.25, 0.3) is 0 Å². The number of hydrogen-bond donors (Lipinski definition) is 4. The number of carbonyl (C=O) groups is 3. The summed E-state index contributed by atoms with van der Waals surface area (Å²) in [6.07, 6.45) is 110. The fourth-order valence-electron chi connectivity index (χ4n) is 10.1. The quantitative estimate of drug-likeness (QED) is 0.0146. The molecule has 614 valence electrons. The number of phosphoric acid groups is 2. The predicted molar refractivity (Wildman–Crippen MR) is 453 cm³/mol. The average Bonchev–Trinajstić information content (AvgIpc) is 0.902. The molecule has 5 unspecified atom stereocenters. The lowest BCUT2D eigenvalue weighted by atomic mass is 10.1. The highest BCUT2D eigenvalue weighted by molar-refractivity contribution is 7.47. The highest BCUT2D eigenvalue weighted by Gasteiger charge is 2.29. The van der Waals surface area contributed by atoms with Crippen molar-refractivity contribution in [3.05, 3.63) is 219 Å². The fourth-order valence-corrected chi connectivity index (χ4v) is 11.7. The maximum atomic E-state index is 13.0. The monoisotopic (exact) mass is 1550 g/mol. The molecule has 0 aromatic heterocycles. The Morgan fingerprint density at radius 1 is 0.257 bits per heavy atom. The van der Waals surface area contributed by atoms with Crippen LogP contribution in [0.2, 0.25) is 0 Å². The van der Waals surface area contributed by atoms with E-state index in [1.807, 2.05) is 18.2 Å². The first kappa shape index (κ1) is 103. The van der Waals surface area contributed by atoms with Crippen molar-refractivity contribution >= 4 is 33.6 Å². The van der Waals surface area contributed by atoms with E-state index in [4.69, 9.17) is 32.3 Å². The number of aliphatic hydroxyl groups is 2. The van der Waals surface area contributed by atoms with Crippen molar-refractivity contribution < 1.29 is 75.8 Å². The van der Waals surface area contributed by atoms with E-state index in [9.17, 15) is 43.5 Å². The van der Waals surface area contributed by atoms with Gasteiger partial charge < -0.3 is 34.2 Å². The molecule has 0 aromatic carbocycles. The highest BCUT2D eigenvalue weighted by Crippen LogP contribution is 2.45. The highest BCUT2D eigenvalue weighted by atomic mass is 31.2. The summed E-state index contributed by atoms with van der Waals surface area (Å²) in [5.41, 5.74) is 0. The van der Waals surface area contributed by atoms with Crippen LogP contribution in [0, 0.1) is 0 Å². The van der Waals surface area contributed by atoms with Gasteiger partial charge in [-0.25, -0.2) is 9.13 Å². The minimum absolute atomic E-state index is 0.0336. The molecule has 0 amide bonds. The maximum absolute atomic E-state index is 13.0. The van der Waals surface area contributed by atoms with Crippen LogP contribution in [0.1, 0.15) is 278 Å². The van der Waals surface area contributed by atoms with Gasteiger partial charge in [0.15, 0.2) is 6.10 Å². The molecule has 0 aliphatic carbocycles. The molecule has 4 N–H and O–H groups in total. The number of rotatable bonds is 75. The number of phosphoric ester groups is 2. The molecule has 0 aromatic rings. The Bertz CT molecular complexity index is 2860. The molecule has 109 heavy (non-hydrogen) atoms. The number of esters is 3. The number of hydrogen-bond acceptors (Lipinski definition) is 14. The van der Waals surface area contributed by atoms with Crippen LogP contribution >= 0.6 is 15.6 Å². The number of unbranched alkanes of at least 4 members (excludes halogenated alkanes) is 16. The van der Waals surface area contributed by atoms with Crippen LogP contribution in [-0.2, 0) is 55.8 Å². The first-order valence-electron chi connectivity index (χ1n) is 41.0. The number of carbonyl (C=O) groups excluding carboxylic acids is 3. The van der Waals surface area contributed by atoms with Gasteiger partial charge in [0.2, 0.25) is 0 Å². The van der Waals surface area contributed by atoms with Crippen LogP contribution in [0.3, 0.4) is 0 Å². The lowest BCUT2D eigenvalue weighted by molar-refractivity contribution is -0.161. The van der Waals surface area contributed by atoms with Crippen LogP contribution in [-0.4, -0.2) is 95.9 Å². The Kier molecular flexibility index (Phi) is 76.8. The third-order valence-corrected chi connectivity index (χ3v) is 18.1. The lowest BCUT2D eigenvalue weighted by Crippen LogP contribution is -2.29. The van der Waals surface area contributed by atoms with Crippen molar-refractivity contribution in [2.75, 3.05) is 39.6 Å². The lowest BCUT2D eigenvalue weighted by Gasteiger charge is -2.21. The van der Waals surface area contributed by atoms with E-state index in [0.29, 0.717) is 25.7 Å². The average molecular weight is 1560 g/mol. The minimum atomic E-state index is -4.97. The molecule has 16 nitrogen and oxygen atoms in total. The van der Waals surface area contributed by atoms with Crippen LogP contribution in [0.15, 0.2) is 219 Å². The second kappa shape index (κ2) is 81.4. The fraction of sp³-hybridized carbons (Fsp3) is 0.571. The van der Waals surface area contributed by atoms with Crippen molar-refractivity contribution in [3.63, 3.8) is 0 Å². The topological polar surface area (TPSA) is 231 Å². The van der Waals surface area contributed by atoms with Crippen molar-refractivity contribution in [1.82, 2.24) is 0 Å². The summed E-state index contributed by atoms with van der Waals surface area (Å²) in [6.45, 7) is 2.20. The van der Waals surface area contributed by atoms with Gasteiger partial charge in [0, 0.05) is 19.3 Å². The molecule has 0 fully saturated rings. The molecule has 0 heterocycles. The van der Waals surface area contributed by atoms with Gasteiger partial charge in [-0.05, 0) is 161 Å². The molecule has 0 saturated heterocycles. The smallest absolute Gasteiger partial charge is 0.463 e. The van der Waals surface area contributed by atoms with Gasteiger partial charge in [-0.15, -0.1) is 0 Å². The van der Waals surface area contributed by atoms with E-state index >= 15 is 0 Å². The first-order chi connectivity index (χ1) is 53.2. The van der Waals surface area contributed by atoms with Gasteiger partial charge in [-0.3, -0.25) is 32.5 Å². The molecule has 0 spiro atoms. The van der Waals surface area contributed by atoms with Gasteiger partial charge in [0.05, 0.1) is 26.4 Å². The molecule has 0 bridgehead atoms. The second-order valence-corrected chi connectivity index (χ2v) is 29.3. The first-order valence-corrected chi connectivity index (χ1v) is 44.0. The summed E-state index contributed by atoms with van der Waals surface area (Å²) < 4.78 is 61.1. The normalized spacial score (nSPS) is 15.0. The SMILES string of the molecule is CC/C=C\C/C=C\C/C=C\C/C=C\C/C=C\C/C=C\CCCCCCCCCCCCC(=O)OCC(O)COP(=O)(O)OCC(O)COP(=O)(O)OCC(COC(=O)CCCCCCCC/C=C\C/C=C\C/C=C\C/C=C\C/C=C\C/C=C\CC)OC(=O)CC/C=C\C/C=C\C/C=C\C/C=C\C/C=C\C/C=C\CC. The van der Waals surface area contributed by atoms with E-state index in [0.717, 1.165) is 180 Å². The summed E-state index contributed by atoms with van der Waals surface area (Å²) in [5.74, 6) is -1.71. The van der Waals surface area contributed by atoms with Crippen LogP contribution < -0.4 is 0 Å². The molecular formula is C91H144O16P2. The summed E-state index contributed by atoms with van der Waals surface area (Å²) >= 11 is 0. The largest absolute Gasteiger partial charge is 0.472 e. The van der Waals surface area contributed by atoms with Crippen molar-refractivity contribution in [1.29, 1.82) is 0 Å². The zero-order valence-electron chi connectivity index (χ0n) is 67.1. The summed E-state index contributed by atoms with van der Waals surface area (Å²) in [7, 11) is -9.85. The van der Waals surface area contributed by atoms with E-state index < -0.39 is 91.5 Å². The zero-order chi connectivity index (χ0) is 79.4. The molecule has 5 atom stereocenters. The van der Waals surface area contributed by atoms with Gasteiger partial charge >= 0.3 is 33.6 Å². The van der Waals surface area contributed by atoms with Gasteiger partial charge in [-0.2, -0.15) is 0 Å². The zero-order valence-corrected chi connectivity index (χ0v) is 68.9. The van der Waals surface area contributed by atoms with E-state index in [1.54, 1.807) is 0 Å². The number of allylic oxidation sites excluding steroid dienone is 36. The number of ether oxygens (including phenoxy) is 3. The predicted octanol–water partition coefficient (Wildman–Crippen LogP) is 24.6. The Balaban J connectivity index is 4.71. The van der Waals surface area contributed by atoms with Crippen LogP contribution in [0.4, 0.5) is 0 Å². The Hall–Kier alpha value is -6.13. The van der Waals surface area contributed by atoms with Crippen LogP contribution in [0.5, 0.6) is 0 Å². The van der Waals surface area contributed by atoms with Crippen molar-refractivity contribution in [3.8, 4) is 0 Å². The minimum Gasteiger partial charge on any atom is -0.463 e. The Labute approximate surface area is 660 Å². The maximum Gasteiger partial charge on any atom is 0.472 e. The molecule has 0 aliphatic rings. The number of aliphatic hydroxyl groups excluding tert-OH is 2. The molecule has 0 aliphatic heterocycles. The van der Waals surface area contributed by atoms with E-state index in [1.165, 1.54) is 32.1 Å². The molecule has 0 radical (unpaired) electrons. The van der Waals surface area contributed by atoms with E-state index in [2.05, 4.69) is 221 Å². The summed E-state index contributed by atoms with van der Waals surface area (Å²) in [4.78, 5) is 58.7. The summed E-state index contributed by atoms with van der Waals surface area (Å²) in [5, 5.41) is 20.7. The van der Waals surface area contributed by atoms with Crippen molar-refractivity contribution in [2.45, 2.75) is 296 Å². The second-order valence-electron chi connectivity index (χ2n) is 26.4. The standard InChI is InChI=1S/C91H144O16P2/c1-4-7-10-13-16-19-22-25-28-31-34-36-38-40-41-42-43-45-47-48-51-53-56-59-62-65-68-71-74-77-89(94)101-80-86(92)81-103-108(97,98)104-82-87(93)83-105-109(99,100)106-85-88(107-91(96)79-76-73-70-67-64-61-58-55-50-33-30-27-24-21-18-15-12-9-6-3)84-102-90(95)78-75-72-69-66-63-60-57-54-52-49-46-44-39-37-35-32-29-26-23-20-17-14-11-8-5-2/h7-12,16-21,25-30,34-37,40-41,43-46,50,52,54-55,61,64,70,73,86-88,92-93H,4-6,13-15,22-24,31-33,38-39,42,47-49,51,53,56-60,62-63,65-69,71-72,74-85H2,1-3H3,(H,97,98)(H,99,100)/b10-7-,11-8-,12-9-,19-16-,20-17-,21-18-,28-25-,29-26-,30-27-,36-34-,37-35-,41-40-,45-43-,46-44-,54-52-,55-50-,64-61-,73-70-. The van der Waals surface area contributed by atoms with Gasteiger partial charge in [-0.1, -0.05) is 317 Å².